The molecule has 1 aromatic heterocycles. The van der Waals surface area contributed by atoms with Gasteiger partial charge in [0.05, 0.1) is 5.69 Å². The molecule has 1 unspecified atom stereocenters. The number of hydrogen-bond donors (Lipinski definition) is 1. The quantitative estimate of drug-likeness (QED) is 0.916. The van der Waals surface area contributed by atoms with Gasteiger partial charge in [0.2, 0.25) is 5.91 Å². The van der Waals surface area contributed by atoms with Crippen molar-refractivity contribution < 1.29 is 4.79 Å². The number of aromatic nitrogens is 2. The Balaban J connectivity index is 1.56. The Morgan fingerprint density at radius 3 is 2.95 bits per heavy atom. The fourth-order valence-electron chi connectivity index (χ4n) is 3.69. The van der Waals surface area contributed by atoms with Crippen LogP contribution in [0.1, 0.15) is 42.6 Å². The van der Waals surface area contributed by atoms with Crippen molar-refractivity contribution >= 4 is 5.91 Å². The number of rotatable bonds is 4. The van der Waals surface area contributed by atoms with Crippen LogP contribution in [0, 0.1) is 5.92 Å². The van der Waals surface area contributed by atoms with E-state index in [-0.39, 0.29) is 5.91 Å². The van der Waals surface area contributed by atoms with E-state index in [0.717, 1.165) is 32.5 Å². The molecule has 2 heterocycles. The number of carbonyl (C=O) groups is 1. The number of piperidine rings is 1. The molecule has 0 aromatic carbocycles. The molecule has 1 atom stereocenters. The maximum Gasteiger partial charge on any atom is 0.222 e. The summed E-state index contributed by atoms with van der Waals surface area (Å²) >= 11 is 0. The number of aryl methyl sites for hydroxylation is 1. The van der Waals surface area contributed by atoms with Crippen LogP contribution in [0.5, 0.6) is 0 Å². The number of hydrogen-bond acceptors (Lipinski definition) is 3. The topological polar surface area (TPSA) is 52.2 Å². The lowest BCUT2D eigenvalue weighted by atomic mass is 9.95. The number of nitrogens with one attached hydrogen (secondary N) is 1. The maximum absolute atomic E-state index is 11.5. The first-order chi connectivity index (χ1) is 10.1. The predicted octanol–water partition coefficient (Wildman–Crippen LogP) is 1.59. The number of fused-ring (bicyclic) bond motifs is 1. The van der Waals surface area contributed by atoms with Gasteiger partial charge in [-0.05, 0) is 50.6 Å². The summed E-state index contributed by atoms with van der Waals surface area (Å²) in [5.74, 6) is 0.878. The van der Waals surface area contributed by atoms with E-state index in [1.807, 2.05) is 11.9 Å². The summed E-state index contributed by atoms with van der Waals surface area (Å²) < 4.78 is 0. The Labute approximate surface area is 126 Å². The van der Waals surface area contributed by atoms with Crippen molar-refractivity contribution in [2.45, 2.75) is 45.1 Å². The van der Waals surface area contributed by atoms with Crippen molar-refractivity contribution in [3.63, 3.8) is 0 Å². The second-order valence-corrected chi connectivity index (χ2v) is 6.71. The van der Waals surface area contributed by atoms with Crippen LogP contribution in [0.25, 0.3) is 0 Å². The highest BCUT2D eigenvalue weighted by Gasteiger charge is 2.24. The summed E-state index contributed by atoms with van der Waals surface area (Å²) in [5.41, 5.74) is 4.05. The van der Waals surface area contributed by atoms with Crippen LogP contribution >= 0.6 is 0 Å². The van der Waals surface area contributed by atoms with Crippen LogP contribution < -0.4 is 0 Å². The Kier molecular flexibility index (Phi) is 4.29. The summed E-state index contributed by atoms with van der Waals surface area (Å²) in [4.78, 5) is 15.8. The average molecular weight is 290 g/mol. The molecule has 1 aromatic rings. The fourth-order valence-corrected chi connectivity index (χ4v) is 3.69. The first kappa shape index (κ1) is 14.6. The predicted molar refractivity (Wildman–Crippen MR) is 81.9 cm³/mol. The number of carbonyl (C=O) groups excluding carboxylic acids is 1. The van der Waals surface area contributed by atoms with Gasteiger partial charge in [-0.2, -0.15) is 5.10 Å². The van der Waals surface area contributed by atoms with Crippen molar-refractivity contribution in [3.05, 3.63) is 17.0 Å². The summed E-state index contributed by atoms with van der Waals surface area (Å²) in [6.07, 6.45) is 6.63. The van der Waals surface area contributed by atoms with Crippen molar-refractivity contribution in [1.29, 1.82) is 0 Å². The molecule has 1 aliphatic carbocycles. The second-order valence-electron chi connectivity index (χ2n) is 6.71. The Morgan fingerprint density at radius 2 is 2.14 bits per heavy atom. The summed E-state index contributed by atoms with van der Waals surface area (Å²) in [6.45, 7) is 2.85. The van der Waals surface area contributed by atoms with E-state index in [0.29, 0.717) is 12.3 Å². The molecule has 3 rings (SSSR count). The van der Waals surface area contributed by atoms with Gasteiger partial charge < -0.3 is 9.80 Å². The molecule has 0 bridgehead atoms. The number of aromatic amines is 1. The van der Waals surface area contributed by atoms with Gasteiger partial charge in [-0.3, -0.25) is 9.89 Å². The van der Waals surface area contributed by atoms with Crippen LogP contribution in [0.3, 0.4) is 0 Å². The lowest BCUT2D eigenvalue weighted by molar-refractivity contribution is -0.133. The SMILES string of the molecule is CN(Cc1n[nH]c2c1CCCC2)CC1CCC(=O)N(C)C1. The van der Waals surface area contributed by atoms with Gasteiger partial charge >= 0.3 is 0 Å². The average Bonchev–Trinajstić information content (AvgIpc) is 2.86. The molecule has 1 saturated heterocycles. The van der Waals surface area contributed by atoms with Gasteiger partial charge in [-0.1, -0.05) is 0 Å². The van der Waals surface area contributed by atoms with E-state index in [1.165, 1.54) is 36.2 Å². The molecule has 1 aliphatic heterocycles. The first-order valence-corrected chi connectivity index (χ1v) is 8.11. The Morgan fingerprint density at radius 1 is 1.33 bits per heavy atom. The van der Waals surface area contributed by atoms with Gasteiger partial charge in [0.15, 0.2) is 0 Å². The van der Waals surface area contributed by atoms with Crippen LogP contribution in [0.4, 0.5) is 0 Å². The first-order valence-electron chi connectivity index (χ1n) is 8.11. The lowest BCUT2D eigenvalue weighted by Gasteiger charge is -2.32. The van der Waals surface area contributed by atoms with Crippen molar-refractivity contribution in [2.24, 2.45) is 5.92 Å². The maximum atomic E-state index is 11.5. The van der Waals surface area contributed by atoms with Crippen LogP contribution in [-0.2, 0) is 24.2 Å². The molecule has 2 aliphatic rings. The smallest absolute Gasteiger partial charge is 0.222 e. The normalized spacial score (nSPS) is 22.7. The minimum absolute atomic E-state index is 0.287. The Hall–Kier alpha value is -1.36. The highest BCUT2D eigenvalue weighted by Crippen LogP contribution is 2.23. The fraction of sp³-hybridized carbons (Fsp3) is 0.750. The van der Waals surface area contributed by atoms with E-state index in [1.54, 1.807) is 0 Å². The van der Waals surface area contributed by atoms with Crippen molar-refractivity contribution in [1.82, 2.24) is 20.0 Å². The molecule has 5 heteroatoms. The van der Waals surface area contributed by atoms with Gasteiger partial charge in [0, 0.05) is 38.8 Å². The number of H-pyrrole nitrogens is 1. The number of nitrogens with zero attached hydrogens (tertiary/aromatic N) is 3. The van der Waals surface area contributed by atoms with Gasteiger partial charge in [-0.15, -0.1) is 0 Å². The van der Waals surface area contributed by atoms with Gasteiger partial charge in [-0.25, -0.2) is 0 Å². The molecule has 0 radical (unpaired) electrons. The van der Waals surface area contributed by atoms with Crippen LogP contribution in [0.15, 0.2) is 0 Å². The minimum Gasteiger partial charge on any atom is -0.345 e. The monoisotopic (exact) mass is 290 g/mol. The van der Waals surface area contributed by atoms with Crippen LogP contribution in [-0.4, -0.2) is 53.1 Å². The summed E-state index contributed by atoms with van der Waals surface area (Å²) in [6, 6.07) is 0. The third-order valence-electron chi connectivity index (χ3n) is 4.86. The number of amides is 1. The molecule has 0 saturated carbocycles. The summed E-state index contributed by atoms with van der Waals surface area (Å²) in [7, 11) is 4.08. The third-order valence-corrected chi connectivity index (χ3v) is 4.86. The second kappa shape index (κ2) is 6.18. The van der Waals surface area contributed by atoms with Crippen molar-refractivity contribution in [3.8, 4) is 0 Å². The van der Waals surface area contributed by atoms with E-state index in [9.17, 15) is 4.79 Å². The molecule has 5 nitrogen and oxygen atoms in total. The molecular formula is C16H26N4O. The molecular weight excluding hydrogens is 264 g/mol. The molecule has 21 heavy (non-hydrogen) atoms. The zero-order valence-corrected chi connectivity index (χ0v) is 13.2. The van der Waals surface area contributed by atoms with E-state index >= 15 is 0 Å². The van der Waals surface area contributed by atoms with E-state index < -0.39 is 0 Å². The summed E-state index contributed by atoms with van der Waals surface area (Å²) in [5, 5.41) is 7.75. The highest BCUT2D eigenvalue weighted by atomic mass is 16.2. The highest BCUT2D eigenvalue weighted by molar-refractivity contribution is 5.76. The standard InChI is InChI=1S/C16H26N4O/c1-19(9-12-7-8-16(21)20(2)10-12)11-15-13-5-3-4-6-14(13)17-18-15/h12H,3-11H2,1-2H3,(H,17,18). The van der Waals surface area contributed by atoms with Gasteiger partial charge in [0.1, 0.15) is 0 Å². The largest absolute Gasteiger partial charge is 0.345 e. The minimum atomic E-state index is 0.287. The Bertz CT molecular complexity index is 510. The van der Waals surface area contributed by atoms with Crippen LogP contribution in [0.2, 0.25) is 0 Å². The number of likely N-dealkylation sites (tertiary alicyclic amines) is 1. The van der Waals surface area contributed by atoms with Gasteiger partial charge in [0.25, 0.3) is 0 Å². The zero-order chi connectivity index (χ0) is 14.8. The molecule has 1 amide bonds. The molecule has 1 N–H and O–H groups in total. The third kappa shape index (κ3) is 3.28. The lowest BCUT2D eigenvalue weighted by Crippen LogP contribution is -2.41. The molecule has 1 fully saturated rings. The zero-order valence-electron chi connectivity index (χ0n) is 13.2. The molecule has 116 valence electrons. The molecule has 0 spiro atoms. The van der Waals surface area contributed by atoms with Crippen molar-refractivity contribution in [2.75, 3.05) is 27.2 Å². The van der Waals surface area contributed by atoms with E-state index in [2.05, 4.69) is 22.1 Å². The van der Waals surface area contributed by atoms with E-state index in [4.69, 9.17) is 0 Å².